The Hall–Kier alpha value is -3.52. The average molecular weight is 437 g/mol. The van der Waals surface area contributed by atoms with Crippen molar-refractivity contribution in [2.75, 3.05) is 26.2 Å². The maximum atomic E-state index is 12.3. The highest BCUT2D eigenvalue weighted by atomic mass is 16.7. The van der Waals surface area contributed by atoms with Gasteiger partial charge >= 0.3 is 6.09 Å². The van der Waals surface area contributed by atoms with Gasteiger partial charge in [0.2, 0.25) is 11.8 Å². The Morgan fingerprint density at radius 2 is 1.53 bits per heavy atom. The molecule has 2 aromatic heterocycles. The summed E-state index contributed by atoms with van der Waals surface area (Å²) in [6, 6.07) is 13.3. The van der Waals surface area contributed by atoms with Gasteiger partial charge in [-0.1, -0.05) is 18.2 Å². The van der Waals surface area contributed by atoms with Crippen LogP contribution in [-0.4, -0.2) is 62.0 Å². The largest absolute Gasteiger partial charge is 0.492 e. The van der Waals surface area contributed by atoms with Crippen molar-refractivity contribution in [1.29, 1.82) is 0 Å². The normalized spacial score (nSPS) is 14.5. The van der Waals surface area contributed by atoms with Crippen LogP contribution in [0.5, 0.6) is 11.8 Å². The number of hydrogen-bond donors (Lipinski definition) is 2. The molecule has 0 spiro atoms. The van der Waals surface area contributed by atoms with Gasteiger partial charge in [-0.15, -0.1) is 4.73 Å². The fourth-order valence-corrected chi connectivity index (χ4v) is 4.01. The molecule has 8 heteroatoms. The summed E-state index contributed by atoms with van der Waals surface area (Å²) in [6.45, 7) is 9.40. The zero-order valence-electron chi connectivity index (χ0n) is 18.6. The molecule has 1 aliphatic heterocycles. The number of hydrogen-bond acceptors (Lipinski definition) is 6. The topological polar surface area (TPSA) is 91.1 Å². The molecule has 1 fully saturated rings. The molecule has 32 heavy (non-hydrogen) atoms. The van der Waals surface area contributed by atoms with Crippen LogP contribution in [0.2, 0.25) is 0 Å². The molecule has 2 N–H and O–H groups in total. The number of rotatable bonds is 4. The Morgan fingerprint density at radius 3 is 2.12 bits per heavy atom. The SMILES string of the molecule is Cc1cc(-c2ccc(CN3CCN(C(=O)On4c(O)ccc4O)CC3)c(C)c2)cc(C)n1. The van der Waals surface area contributed by atoms with Crippen LogP contribution < -0.4 is 4.84 Å². The number of amides is 1. The maximum absolute atomic E-state index is 12.3. The van der Waals surface area contributed by atoms with E-state index in [0.717, 1.165) is 17.9 Å². The molecule has 0 saturated carbocycles. The Bertz CT molecular complexity index is 1090. The molecule has 0 atom stereocenters. The molecule has 0 aliphatic carbocycles. The van der Waals surface area contributed by atoms with Gasteiger partial charge in [-0.3, -0.25) is 9.88 Å². The number of piperazine rings is 1. The lowest BCUT2D eigenvalue weighted by atomic mass is 9.99. The lowest BCUT2D eigenvalue weighted by Crippen LogP contribution is -2.50. The average Bonchev–Trinajstić information content (AvgIpc) is 3.07. The fourth-order valence-electron chi connectivity index (χ4n) is 4.01. The first-order valence-corrected chi connectivity index (χ1v) is 10.6. The van der Waals surface area contributed by atoms with Gasteiger partial charge in [0, 0.05) is 56.2 Å². The van der Waals surface area contributed by atoms with E-state index in [0.29, 0.717) is 30.9 Å². The van der Waals surface area contributed by atoms with Gasteiger partial charge in [0.25, 0.3) is 0 Å². The highest BCUT2D eigenvalue weighted by molar-refractivity contribution is 5.68. The van der Waals surface area contributed by atoms with Gasteiger partial charge < -0.3 is 20.0 Å². The Morgan fingerprint density at radius 1 is 0.906 bits per heavy atom. The summed E-state index contributed by atoms with van der Waals surface area (Å²) in [7, 11) is 0. The standard InChI is InChI=1S/C24H28N4O4/c1-16-12-19(21-13-17(2)25-18(3)14-21)4-5-20(16)15-26-8-10-27(11-9-26)24(31)32-28-22(29)6-7-23(28)30/h4-7,12-14,29-30H,8-11,15H2,1-3H3. The van der Waals surface area contributed by atoms with Crippen molar-refractivity contribution in [1.82, 2.24) is 19.5 Å². The van der Waals surface area contributed by atoms with E-state index in [1.807, 2.05) is 13.8 Å². The second-order valence-electron chi connectivity index (χ2n) is 8.24. The Kier molecular flexibility index (Phi) is 6.05. The molecule has 168 valence electrons. The van der Waals surface area contributed by atoms with Crippen LogP contribution in [-0.2, 0) is 6.54 Å². The van der Waals surface area contributed by atoms with Gasteiger partial charge in [-0.2, -0.15) is 0 Å². The monoisotopic (exact) mass is 436 g/mol. The Labute approximate surface area is 187 Å². The first-order chi connectivity index (χ1) is 15.3. The van der Waals surface area contributed by atoms with E-state index in [1.165, 1.54) is 34.4 Å². The number of benzene rings is 1. The second kappa shape index (κ2) is 8.92. The molecular weight excluding hydrogens is 408 g/mol. The third-order valence-electron chi connectivity index (χ3n) is 5.75. The van der Waals surface area contributed by atoms with E-state index >= 15 is 0 Å². The Balaban J connectivity index is 1.35. The van der Waals surface area contributed by atoms with E-state index in [9.17, 15) is 15.0 Å². The van der Waals surface area contributed by atoms with Gasteiger partial charge in [0.05, 0.1) is 0 Å². The minimum atomic E-state index is -0.602. The van der Waals surface area contributed by atoms with E-state index in [2.05, 4.69) is 47.1 Å². The van der Waals surface area contributed by atoms with Crippen molar-refractivity contribution in [3.8, 4) is 22.9 Å². The second-order valence-corrected chi connectivity index (χ2v) is 8.24. The smallest absolute Gasteiger partial charge is 0.434 e. The quantitative estimate of drug-likeness (QED) is 0.653. The van der Waals surface area contributed by atoms with Gasteiger partial charge in [0.1, 0.15) is 0 Å². The highest BCUT2D eigenvalue weighted by Crippen LogP contribution is 2.25. The van der Waals surface area contributed by atoms with Crippen molar-refractivity contribution in [2.45, 2.75) is 27.3 Å². The van der Waals surface area contributed by atoms with Crippen molar-refractivity contribution < 1.29 is 19.8 Å². The molecule has 1 aromatic carbocycles. The van der Waals surface area contributed by atoms with E-state index in [-0.39, 0.29) is 11.8 Å². The van der Waals surface area contributed by atoms with Crippen LogP contribution in [0.4, 0.5) is 4.79 Å². The molecule has 0 unspecified atom stereocenters. The van der Waals surface area contributed by atoms with Crippen LogP contribution >= 0.6 is 0 Å². The minimum Gasteiger partial charge on any atom is -0.492 e. The molecule has 1 saturated heterocycles. The summed E-state index contributed by atoms with van der Waals surface area (Å²) in [4.78, 5) is 25.8. The molecule has 1 amide bonds. The highest BCUT2D eigenvalue weighted by Gasteiger charge is 2.24. The van der Waals surface area contributed by atoms with E-state index in [4.69, 9.17) is 4.84 Å². The number of aromatic nitrogens is 2. The van der Waals surface area contributed by atoms with Crippen LogP contribution in [0.1, 0.15) is 22.5 Å². The molecule has 1 aliphatic rings. The first kappa shape index (κ1) is 21.7. The number of carbonyl (C=O) groups is 1. The zero-order chi connectivity index (χ0) is 22.8. The van der Waals surface area contributed by atoms with Crippen LogP contribution in [0.25, 0.3) is 11.1 Å². The minimum absolute atomic E-state index is 0.328. The number of nitrogens with zero attached hydrogens (tertiary/aromatic N) is 4. The van der Waals surface area contributed by atoms with Crippen LogP contribution in [0, 0.1) is 20.8 Å². The van der Waals surface area contributed by atoms with E-state index in [1.54, 1.807) is 4.90 Å². The van der Waals surface area contributed by atoms with Gasteiger partial charge in [-0.05, 0) is 55.2 Å². The van der Waals surface area contributed by atoms with Crippen LogP contribution in [0.3, 0.4) is 0 Å². The zero-order valence-corrected chi connectivity index (χ0v) is 18.6. The third kappa shape index (κ3) is 4.70. The van der Waals surface area contributed by atoms with Gasteiger partial charge in [-0.25, -0.2) is 4.79 Å². The van der Waals surface area contributed by atoms with E-state index < -0.39 is 6.09 Å². The van der Waals surface area contributed by atoms with Crippen molar-refractivity contribution in [3.05, 3.63) is 65.0 Å². The summed E-state index contributed by atoms with van der Waals surface area (Å²) in [5.41, 5.74) is 6.88. The molecule has 4 rings (SSSR count). The molecule has 0 radical (unpaired) electrons. The maximum Gasteiger partial charge on any atom is 0.434 e. The summed E-state index contributed by atoms with van der Waals surface area (Å²) < 4.78 is 0.714. The lowest BCUT2D eigenvalue weighted by Gasteiger charge is -2.34. The predicted molar refractivity (Wildman–Crippen MR) is 120 cm³/mol. The van der Waals surface area contributed by atoms with Gasteiger partial charge in [0.15, 0.2) is 0 Å². The number of pyridine rings is 1. The molecule has 3 aromatic rings. The fraction of sp³-hybridized carbons (Fsp3) is 0.333. The number of carbonyl (C=O) groups excluding carboxylic acids is 1. The summed E-state index contributed by atoms with van der Waals surface area (Å²) in [5.74, 6) is -0.656. The number of aromatic hydroxyl groups is 2. The van der Waals surface area contributed by atoms with Crippen LogP contribution in [0.15, 0.2) is 42.5 Å². The summed E-state index contributed by atoms with van der Waals surface area (Å²) >= 11 is 0. The van der Waals surface area contributed by atoms with Crippen molar-refractivity contribution in [3.63, 3.8) is 0 Å². The molecular formula is C24H28N4O4. The molecule has 3 heterocycles. The third-order valence-corrected chi connectivity index (χ3v) is 5.75. The summed E-state index contributed by atoms with van der Waals surface area (Å²) in [5, 5.41) is 19.3. The summed E-state index contributed by atoms with van der Waals surface area (Å²) in [6.07, 6.45) is -0.602. The lowest BCUT2D eigenvalue weighted by molar-refractivity contribution is 0.0555. The van der Waals surface area contributed by atoms with Crippen molar-refractivity contribution in [2.24, 2.45) is 0 Å². The van der Waals surface area contributed by atoms with Crippen molar-refractivity contribution >= 4 is 6.09 Å². The first-order valence-electron chi connectivity index (χ1n) is 10.6. The predicted octanol–water partition coefficient (Wildman–Crippen LogP) is 3.25. The number of aryl methyl sites for hydroxylation is 3. The molecule has 0 bridgehead atoms. The molecule has 8 nitrogen and oxygen atoms in total.